The summed E-state index contributed by atoms with van der Waals surface area (Å²) >= 11 is 10.9. The zero-order valence-corrected chi connectivity index (χ0v) is 15.6. The average molecular weight is 386 g/mol. The van der Waals surface area contributed by atoms with Crippen LogP contribution in [-0.4, -0.2) is 31.1 Å². The molecule has 0 amide bonds. The SMILES string of the molecule is C=C(N=Nc1ccc(N)cc1)N(/C=C\NCCCNCl)CCCNCl. The minimum absolute atomic E-state index is 0.534. The number of azo groups is 1. The highest BCUT2D eigenvalue weighted by atomic mass is 35.5. The molecule has 0 aliphatic heterocycles. The first kappa shape index (κ1) is 21.2. The van der Waals surface area contributed by atoms with Gasteiger partial charge in [0.2, 0.25) is 0 Å². The van der Waals surface area contributed by atoms with Gasteiger partial charge < -0.3 is 16.0 Å². The number of halogens is 2. The predicted molar refractivity (Wildman–Crippen MR) is 105 cm³/mol. The van der Waals surface area contributed by atoms with E-state index >= 15 is 0 Å². The van der Waals surface area contributed by atoms with E-state index in [0.717, 1.165) is 25.9 Å². The quantitative estimate of drug-likeness (QED) is 0.180. The van der Waals surface area contributed by atoms with Gasteiger partial charge in [-0.25, -0.2) is 9.67 Å². The largest absolute Gasteiger partial charge is 0.399 e. The number of anilines is 1. The van der Waals surface area contributed by atoms with Gasteiger partial charge in [0.15, 0.2) is 0 Å². The molecule has 0 bridgehead atoms. The van der Waals surface area contributed by atoms with E-state index in [1.165, 1.54) is 0 Å². The van der Waals surface area contributed by atoms with Gasteiger partial charge in [-0.1, -0.05) is 6.58 Å². The zero-order chi connectivity index (χ0) is 18.3. The maximum Gasteiger partial charge on any atom is 0.147 e. The summed E-state index contributed by atoms with van der Waals surface area (Å²) in [6.07, 6.45) is 5.49. The lowest BCUT2D eigenvalue weighted by Crippen LogP contribution is -2.21. The van der Waals surface area contributed by atoms with Gasteiger partial charge in [0, 0.05) is 44.3 Å². The van der Waals surface area contributed by atoms with Crippen molar-refractivity contribution in [2.24, 2.45) is 10.2 Å². The van der Waals surface area contributed by atoms with Crippen LogP contribution in [-0.2, 0) is 0 Å². The van der Waals surface area contributed by atoms with Crippen LogP contribution < -0.4 is 20.7 Å². The van der Waals surface area contributed by atoms with Crippen molar-refractivity contribution in [2.45, 2.75) is 12.8 Å². The molecule has 138 valence electrons. The summed E-state index contributed by atoms with van der Waals surface area (Å²) in [6.45, 7) is 6.93. The van der Waals surface area contributed by atoms with Crippen LogP contribution in [0.3, 0.4) is 0 Å². The average Bonchev–Trinajstić information content (AvgIpc) is 2.62. The Kier molecular flexibility index (Phi) is 11.5. The minimum Gasteiger partial charge on any atom is -0.399 e. The summed E-state index contributed by atoms with van der Waals surface area (Å²) in [4.78, 5) is 7.10. The van der Waals surface area contributed by atoms with Crippen molar-refractivity contribution < 1.29 is 0 Å². The predicted octanol–water partition coefficient (Wildman–Crippen LogP) is 3.45. The van der Waals surface area contributed by atoms with Crippen LogP contribution in [0.5, 0.6) is 0 Å². The Balaban J connectivity index is 2.58. The maximum atomic E-state index is 5.66. The molecule has 1 aromatic rings. The van der Waals surface area contributed by atoms with Crippen molar-refractivity contribution in [1.82, 2.24) is 19.9 Å². The summed E-state index contributed by atoms with van der Waals surface area (Å²) in [5.74, 6) is 0.534. The van der Waals surface area contributed by atoms with Gasteiger partial charge in [0.1, 0.15) is 5.82 Å². The molecule has 7 nitrogen and oxygen atoms in total. The molecule has 0 radical (unpaired) electrons. The molecule has 0 saturated carbocycles. The first-order valence-corrected chi connectivity index (χ1v) is 8.73. The minimum atomic E-state index is 0.534. The first-order chi connectivity index (χ1) is 12.2. The third-order valence-corrected chi connectivity index (χ3v) is 3.52. The molecule has 0 aromatic heterocycles. The van der Waals surface area contributed by atoms with E-state index in [4.69, 9.17) is 29.3 Å². The first-order valence-electron chi connectivity index (χ1n) is 7.97. The van der Waals surface area contributed by atoms with Crippen LogP contribution in [0, 0.1) is 0 Å². The van der Waals surface area contributed by atoms with E-state index < -0.39 is 0 Å². The molecule has 0 heterocycles. The van der Waals surface area contributed by atoms with Crippen LogP contribution in [0.4, 0.5) is 11.4 Å². The second-order valence-electron chi connectivity index (χ2n) is 5.15. The Hall–Kier alpha value is -1.80. The van der Waals surface area contributed by atoms with Crippen molar-refractivity contribution in [2.75, 3.05) is 31.9 Å². The van der Waals surface area contributed by atoms with E-state index in [1.807, 2.05) is 17.3 Å². The molecule has 0 atom stereocenters. The Morgan fingerprint density at radius 2 is 1.80 bits per heavy atom. The molecule has 0 spiro atoms. The molecular formula is C16H25Cl2N7. The number of rotatable bonds is 13. The van der Waals surface area contributed by atoms with Crippen LogP contribution >= 0.6 is 23.6 Å². The van der Waals surface area contributed by atoms with Crippen molar-refractivity contribution >= 4 is 34.9 Å². The molecule has 0 saturated heterocycles. The molecule has 0 unspecified atom stereocenters. The summed E-state index contributed by atoms with van der Waals surface area (Å²) < 4.78 is 0. The zero-order valence-electron chi connectivity index (χ0n) is 14.1. The topological polar surface area (TPSA) is 90.1 Å². The van der Waals surface area contributed by atoms with Gasteiger partial charge in [-0.2, -0.15) is 0 Å². The highest BCUT2D eigenvalue weighted by Gasteiger charge is 2.03. The van der Waals surface area contributed by atoms with Crippen LogP contribution in [0.15, 0.2) is 59.3 Å². The number of nitrogens with two attached hydrogens (primary N) is 1. The van der Waals surface area contributed by atoms with E-state index in [9.17, 15) is 0 Å². The maximum absolute atomic E-state index is 5.66. The molecule has 9 heteroatoms. The number of hydrogen-bond donors (Lipinski definition) is 4. The lowest BCUT2D eigenvalue weighted by atomic mass is 10.3. The van der Waals surface area contributed by atoms with Gasteiger partial charge in [-0.3, -0.25) is 0 Å². The van der Waals surface area contributed by atoms with Crippen LogP contribution in [0.1, 0.15) is 12.8 Å². The lowest BCUT2D eigenvalue weighted by Gasteiger charge is -2.19. The molecule has 5 N–H and O–H groups in total. The lowest BCUT2D eigenvalue weighted by molar-refractivity contribution is 0.442. The number of nitrogens with one attached hydrogen (secondary N) is 3. The molecule has 0 fully saturated rings. The fourth-order valence-corrected chi connectivity index (χ4v) is 2.07. The van der Waals surface area contributed by atoms with Crippen LogP contribution in [0.25, 0.3) is 0 Å². The standard InChI is InChI=1S/C16H25Cl2N7/c1-14(23-24-16-6-4-15(19)5-7-16)25(12-3-10-22-18)13-11-20-8-2-9-21-17/h4-7,11,13,20-22H,1-3,8-10,12,19H2/b13-11-,24-23?. The summed E-state index contributed by atoms with van der Waals surface area (Å²) in [6, 6.07) is 7.16. The van der Waals surface area contributed by atoms with E-state index in [0.29, 0.717) is 30.3 Å². The smallest absolute Gasteiger partial charge is 0.147 e. The van der Waals surface area contributed by atoms with E-state index in [-0.39, 0.29) is 0 Å². The van der Waals surface area contributed by atoms with Crippen molar-refractivity contribution in [1.29, 1.82) is 0 Å². The number of nitrogen functional groups attached to an aromatic ring is 1. The fourth-order valence-electron chi connectivity index (χ4n) is 1.80. The highest BCUT2D eigenvalue weighted by Crippen LogP contribution is 2.16. The number of benzene rings is 1. The third kappa shape index (κ3) is 9.93. The molecule has 1 rings (SSSR count). The van der Waals surface area contributed by atoms with Crippen molar-refractivity contribution in [3.63, 3.8) is 0 Å². The summed E-state index contributed by atoms with van der Waals surface area (Å²) in [5, 5.41) is 11.5. The van der Waals surface area contributed by atoms with Crippen molar-refractivity contribution in [3.8, 4) is 0 Å². The molecule has 0 aliphatic carbocycles. The fraction of sp³-hybridized carbons (Fsp3) is 0.375. The molecule has 1 aromatic carbocycles. The molecular weight excluding hydrogens is 361 g/mol. The van der Waals surface area contributed by atoms with Gasteiger partial charge in [-0.15, -0.1) is 10.2 Å². The second kappa shape index (κ2) is 13.5. The monoisotopic (exact) mass is 385 g/mol. The molecule has 0 aliphatic rings. The Morgan fingerprint density at radius 3 is 2.48 bits per heavy atom. The van der Waals surface area contributed by atoms with E-state index in [2.05, 4.69) is 31.8 Å². The Morgan fingerprint density at radius 1 is 1.12 bits per heavy atom. The highest BCUT2D eigenvalue weighted by molar-refractivity contribution is 6.13. The number of nitrogens with zero attached hydrogens (tertiary/aromatic N) is 3. The van der Waals surface area contributed by atoms with Gasteiger partial charge in [0.25, 0.3) is 0 Å². The third-order valence-electron chi connectivity index (χ3n) is 3.14. The second-order valence-corrected chi connectivity index (χ2v) is 5.68. The summed E-state index contributed by atoms with van der Waals surface area (Å²) in [7, 11) is 0. The van der Waals surface area contributed by atoms with Crippen LogP contribution in [0.2, 0.25) is 0 Å². The Labute approximate surface area is 159 Å². The van der Waals surface area contributed by atoms with Gasteiger partial charge in [0.05, 0.1) is 5.69 Å². The molecule has 25 heavy (non-hydrogen) atoms. The Bertz CT molecular complexity index is 546. The van der Waals surface area contributed by atoms with Gasteiger partial charge >= 0.3 is 0 Å². The van der Waals surface area contributed by atoms with Gasteiger partial charge in [-0.05, 0) is 60.7 Å². The van der Waals surface area contributed by atoms with E-state index in [1.54, 1.807) is 24.3 Å². The normalized spacial score (nSPS) is 11.3. The number of hydrogen-bond acceptors (Lipinski definition) is 7. The summed E-state index contributed by atoms with van der Waals surface area (Å²) in [5.41, 5.74) is 7.06. The van der Waals surface area contributed by atoms with Crippen molar-refractivity contribution in [3.05, 3.63) is 49.1 Å².